The Morgan fingerprint density at radius 2 is 0.516 bits per heavy atom. The number of ether oxygens (including phenoxy) is 8. The van der Waals surface area contributed by atoms with Crippen LogP contribution in [0.25, 0.3) is 0 Å². The molecule has 0 aliphatic carbocycles. The molecule has 0 saturated carbocycles. The first kappa shape index (κ1) is 106. The number of thioether (sulfide) groups is 8. The van der Waals surface area contributed by atoms with Crippen LogP contribution in [0, 0.1) is 85.2 Å². The van der Waals surface area contributed by atoms with Crippen LogP contribution >= 0.6 is 94.1 Å². The van der Waals surface area contributed by atoms with Crippen LogP contribution in [0.3, 0.4) is 0 Å². The van der Waals surface area contributed by atoms with Crippen molar-refractivity contribution in [3.05, 3.63) is 124 Å². The Labute approximate surface area is 775 Å². The van der Waals surface area contributed by atoms with Gasteiger partial charge in [-0.15, -0.1) is 0 Å². The molecule has 4 heterocycles. The number of rotatable bonds is 33. The molecule has 30 heteroatoms. The van der Waals surface area contributed by atoms with Crippen molar-refractivity contribution in [1.29, 1.82) is 21.0 Å². The van der Waals surface area contributed by atoms with E-state index < -0.39 is 28.2 Å². The fourth-order valence-electron chi connectivity index (χ4n) is 12.4. The van der Waals surface area contributed by atoms with Crippen LogP contribution in [0.5, 0.6) is 46.0 Å². The SMILES string of the molecule is CC(=O)Oc1ccc(OC(C)=O)c2c1SC(=C(C#N)C(=O)C(C)(C)C)S2.CCCCC(CC)C(=O)Oc1ccc(OC(=O)C(CC)CCCC)c2c1SC(=C(C#N)C(=O)C(C)(C)C)S2.CCCCC(CC)C(=O)Oc1ccc(OC(=O)C(CC)CCCC)c2c1SC(=C(C#N)C(=O)c1ccccc1)S2.COc1ccc(OC)c2c1SC(=C(C#N)C(=O)C(C)(C)C)S2. The van der Waals surface area contributed by atoms with Crippen LogP contribution in [-0.4, -0.2) is 73.2 Å². The summed E-state index contributed by atoms with van der Waals surface area (Å²) in [7, 11) is 3.20. The average molecular weight is 1870 g/mol. The fraction of sp³-hybridized carbons (Fsp3) is 0.458. The highest BCUT2D eigenvalue weighted by molar-refractivity contribution is 8.26. The number of hydrogen-bond acceptors (Lipinski definition) is 30. The summed E-state index contributed by atoms with van der Waals surface area (Å²) in [6.07, 6.45) is 13.4. The van der Waals surface area contributed by atoms with E-state index in [9.17, 15) is 69.0 Å². The minimum atomic E-state index is -0.736. The molecule has 0 bridgehead atoms. The molecule has 0 N–H and O–H groups in total. The maximum absolute atomic E-state index is 13.2. The lowest BCUT2D eigenvalue weighted by Gasteiger charge is -2.17. The first-order chi connectivity index (χ1) is 59.8. The highest BCUT2D eigenvalue weighted by atomic mass is 32.2. The molecule has 4 aliphatic heterocycles. The van der Waals surface area contributed by atoms with E-state index in [1.807, 2.05) is 66.7 Å². The largest absolute Gasteiger partial charge is 0.496 e. The molecule has 0 saturated heterocycles. The van der Waals surface area contributed by atoms with E-state index in [2.05, 4.69) is 45.9 Å². The van der Waals surface area contributed by atoms with Gasteiger partial charge in [0.2, 0.25) is 5.78 Å². The molecule has 4 aliphatic rings. The zero-order valence-corrected chi connectivity index (χ0v) is 82.1. The molecule has 0 radical (unpaired) electrons. The molecule has 5 aromatic rings. The molecule has 5 aromatic carbocycles. The normalized spacial score (nSPS) is 13.6. The van der Waals surface area contributed by atoms with Gasteiger partial charge in [0.15, 0.2) is 17.3 Å². The second-order valence-electron chi connectivity index (χ2n) is 32.5. The van der Waals surface area contributed by atoms with Gasteiger partial charge < -0.3 is 37.9 Å². The summed E-state index contributed by atoms with van der Waals surface area (Å²) < 4.78 is 46.8. The molecule has 0 fully saturated rings. The molecule has 0 aromatic heterocycles. The molecular weight excluding hydrogens is 1750 g/mol. The maximum Gasteiger partial charge on any atom is 0.314 e. The molecular formula is C96H112N4O18S8. The summed E-state index contributed by atoms with van der Waals surface area (Å²) in [6.45, 7) is 34.7. The highest BCUT2D eigenvalue weighted by Gasteiger charge is 2.40. The summed E-state index contributed by atoms with van der Waals surface area (Å²) >= 11 is 9.92. The van der Waals surface area contributed by atoms with Gasteiger partial charge in [-0.3, -0.25) is 47.9 Å². The number of hydrogen-bond donors (Lipinski definition) is 0. The minimum Gasteiger partial charge on any atom is -0.496 e. The van der Waals surface area contributed by atoms with Crippen LogP contribution in [0.2, 0.25) is 0 Å². The van der Waals surface area contributed by atoms with Crippen molar-refractivity contribution in [1.82, 2.24) is 0 Å². The maximum atomic E-state index is 13.2. The number of benzene rings is 5. The summed E-state index contributed by atoms with van der Waals surface area (Å²) in [5.74, 6) is -0.792. The fourth-order valence-corrected chi connectivity index (χ4v) is 22.7. The average Bonchev–Trinajstić information content (AvgIpc) is 1.64. The van der Waals surface area contributed by atoms with Crippen LogP contribution in [0.4, 0.5) is 0 Å². The smallest absolute Gasteiger partial charge is 0.314 e. The topological polar surface area (TPSA) is 340 Å². The molecule has 22 nitrogen and oxygen atoms in total. The number of methoxy groups -OCH3 is 2. The van der Waals surface area contributed by atoms with Crippen molar-refractivity contribution >= 4 is 153 Å². The van der Waals surface area contributed by atoms with E-state index in [0.29, 0.717) is 112 Å². The number of carbonyl (C=O) groups excluding carboxylic acids is 10. The number of fused-ring (bicyclic) bond motifs is 4. The standard InChI is InChI=1S/C32H37NO5S2.C30H41NO5S2.C18H17NO5S2.C16H17NO3S2/c1-5-9-14-21(7-3)30(35)37-25-18-19-26(38-31(36)22(8-4)15-10-6-2)29-28(25)39-32(40-29)24(20-33)27(34)23-16-12-11-13-17-23;1-8-12-14-19(10-3)27(33)35-22-16-17-23(36-28(34)20(11-4)15-13-9-2)25-24(22)37-29(38-25)21(18-31)26(32)30(5,6)7;1-9(20)23-12-6-7-13(24-10(2)21)15-14(12)25-17(26-15)11(8-19)16(22)18(3,4)5;1-16(2,3)14(18)9(8-17)15-21-12-10(19-4)6-7-11(20-5)13(12)22-15/h11-13,16-19,21-22H,5-10,14-15H2,1-4H3;16-17,19-20H,8-15H2,1-7H3;6-7H,1-5H3;6-7H,1-5H3. The van der Waals surface area contributed by atoms with E-state index in [1.165, 1.54) is 96.6 Å². The van der Waals surface area contributed by atoms with Gasteiger partial charge >= 0.3 is 35.8 Å². The lowest BCUT2D eigenvalue weighted by molar-refractivity contribution is -0.140. The van der Waals surface area contributed by atoms with Gasteiger partial charge in [0.25, 0.3) is 0 Å². The Bertz CT molecular complexity index is 5010. The Kier molecular flexibility index (Phi) is 42.0. The third-order valence-electron chi connectivity index (χ3n) is 19.7. The molecule has 126 heavy (non-hydrogen) atoms. The Morgan fingerprint density at radius 1 is 0.310 bits per heavy atom. The van der Waals surface area contributed by atoms with Crippen LogP contribution in [0.15, 0.2) is 157 Å². The first-order valence-electron chi connectivity index (χ1n) is 42.0. The van der Waals surface area contributed by atoms with Gasteiger partial charge in [-0.05, 0) is 99.9 Å². The third-order valence-corrected chi connectivity index (χ3v) is 30.2. The second kappa shape index (κ2) is 50.0. The van der Waals surface area contributed by atoms with Gasteiger partial charge in [-0.1, -0.05) is 293 Å². The first-order valence-corrected chi connectivity index (χ1v) is 48.5. The molecule has 672 valence electrons. The monoisotopic (exact) mass is 1860 g/mol. The number of Topliss-reactive ketones (excluding diaryl/α,β-unsaturated/α-hetero) is 4. The summed E-state index contributed by atoms with van der Waals surface area (Å²) in [5, 5.41) is 38.8. The van der Waals surface area contributed by atoms with E-state index in [0.717, 1.165) is 110 Å². The third kappa shape index (κ3) is 28.5. The number of nitrogens with zero attached hydrogens (tertiary/aromatic N) is 4. The number of unbranched alkanes of at least 4 members (excludes halogenated alkanes) is 4. The number of esters is 6. The Balaban J connectivity index is 0.000000266. The van der Waals surface area contributed by atoms with Crippen molar-refractivity contribution < 1.29 is 85.8 Å². The van der Waals surface area contributed by atoms with Crippen molar-refractivity contribution in [2.45, 2.75) is 273 Å². The molecule has 0 amide bonds. The van der Waals surface area contributed by atoms with Gasteiger partial charge in [-0.2, -0.15) is 21.0 Å². The zero-order valence-electron chi connectivity index (χ0n) is 75.5. The van der Waals surface area contributed by atoms with E-state index in [-0.39, 0.29) is 104 Å². The van der Waals surface area contributed by atoms with Crippen LogP contribution < -0.4 is 37.9 Å². The quantitative estimate of drug-likeness (QED) is 0.0124. The van der Waals surface area contributed by atoms with Crippen LogP contribution in [-0.2, 0) is 43.2 Å². The van der Waals surface area contributed by atoms with Crippen molar-refractivity contribution in [2.24, 2.45) is 39.9 Å². The van der Waals surface area contributed by atoms with Gasteiger partial charge in [0.1, 0.15) is 92.6 Å². The number of nitriles is 4. The van der Waals surface area contributed by atoms with Crippen molar-refractivity contribution in [3.8, 4) is 70.3 Å². The number of ketones is 4. The van der Waals surface area contributed by atoms with Crippen LogP contribution in [0.1, 0.15) is 245 Å². The highest BCUT2D eigenvalue weighted by Crippen LogP contribution is 2.63. The summed E-state index contributed by atoms with van der Waals surface area (Å²) in [5.41, 5.74) is -1.36. The van der Waals surface area contributed by atoms with E-state index >= 15 is 0 Å². The van der Waals surface area contributed by atoms with Crippen molar-refractivity contribution in [2.75, 3.05) is 14.2 Å². The van der Waals surface area contributed by atoms with Gasteiger partial charge in [0, 0.05) is 35.7 Å². The number of allylic oxidation sites excluding steroid dienone is 4. The molecule has 0 spiro atoms. The predicted octanol–water partition coefficient (Wildman–Crippen LogP) is 25.6. The zero-order chi connectivity index (χ0) is 93.7. The lowest BCUT2D eigenvalue weighted by atomic mass is 9.87. The Hall–Kier alpha value is -9.08. The molecule has 4 unspecified atom stereocenters. The second-order valence-corrected chi connectivity index (χ2v) is 41.7. The van der Waals surface area contributed by atoms with E-state index in [4.69, 9.17) is 37.9 Å². The lowest BCUT2D eigenvalue weighted by Crippen LogP contribution is -2.22. The minimum absolute atomic E-state index is 0.00397. The van der Waals surface area contributed by atoms with Gasteiger partial charge in [-0.25, -0.2) is 0 Å². The van der Waals surface area contributed by atoms with Gasteiger partial charge in [0.05, 0.1) is 94.0 Å². The predicted molar refractivity (Wildman–Crippen MR) is 499 cm³/mol. The summed E-state index contributed by atoms with van der Waals surface area (Å²) in [6, 6.07) is 30.1. The molecule has 4 atom stereocenters. The van der Waals surface area contributed by atoms with Crippen molar-refractivity contribution in [3.63, 3.8) is 0 Å². The van der Waals surface area contributed by atoms with E-state index in [1.54, 1.807) is 110 Å². The molecule has 9 rings (SSSR count). The Morgan fingerprint density at radius 3 is 0.706 bits per heavy atom. The number of carbonyl (C=O) groups is 10. The summed E-state index contributed by atoms with van der Waals surface area (Å²) in [4.78, 5) is 131.